The standard InChI is InChI=1S/C24H18FNO3/c25-17-11-12-23(27)16(14-17)6-5-13-26-24(28)29-15-22-20-9-3-1-7-18(20)19-8-2-4-10-21(19)22/h1-4,7-12,14,22,27H,13,15H2,(H,26,28). The summed E-state index contributed by atoms with van der Waals surface area (Å²) in [6.45, 7) is 0.241. The van der Waals surface area contributed by atoms with Crippen LogP contribution in [0.3, 0.4) is 0 Å². The minimum atomic E-state index is -0.579. The summed E-state index contributed by atoms with van der Waals surface area (Å²) in [5, 5.41) is 12.2. The van der Waals surface area contributed by atoms with Crippen LogP contribution in [-0.4, -0.2) is 24.4 Å². The van der Waals surface area contributed by atoms with Crippen LogP contribution in [0.5, 0.6) is 5.75 Å². The Labute approximate surface area is 168 Å². The molecule has 0 unspecified atom stereocenters. The van der Waals surface area contributed by atoms with Crippen LogP contribution < -0.4 is 5.32 Å². The largest absolute Gasteiger partial charge is 0.507 e. The van der Waals surface area contributed by atoms with Crippen LogP contribution in [0.25, 0.3) is 11.1 Å². The molecule has 5 heteroatoms. The highest BCUT2D eigenvalue weighted by Gasteiger charge is 2.28. The van der Waals surface area contributed by atoms with Gasteiger partial charge in [0, 0.05) is 5.92 Å². The van der Waals surface area contributed by atoms with Gasteiger partial charge in [-0.2, -0.15) is 0 Å². The van der Waals surface area contributed by atoms with Gasteiger partial charge < -0.3 is 15.2 Å². The Balaban J connectivity index is 1.36. The van der Waals surface area contributed by atoms with E-state index >= 15 is 0 Å². The number of hydrogen-bond acceptors (Lipinski definition) is 3. The van der Waals surface area contributed by atoms with E-state index in [1.165, 1.54) is 6.07 Å². The maximum Gasteiger partial charge on any atom is 0.407 e. The van der Waals surface area contributed by atoms with Gasteiger partial charge in [0.05, 0.1) is 12.1 Å². The van der Waals surface area contributed by atoms with E-state index in [0.29, 0.717) is 0 Å². The van der Waals surface area contributed by atoms with Gasteiger partial charge >= 0.3 is 6.09 Å². The highest BCUT2D eigenvalue weighted by molar-refractivity contribution is 5.79. The molecule has 3 aromatic carbocycles. The number of carbonyl (C=O) groups excluding carboxylic acids is 1. The molecule has 0 atom stereocenters. The van der Waals surface area contributed by atoms with Crippen molar-refractivity contribution in [1.29, 1.82) is 0 Å². The van der Waals surface area contributed by atoms with Gasteiger partial charge in [-0.25, -0.2) is 9.18 Å². The zero-order valence-corrected chi connectivity index (χ0v) is 15.5. The van der Waals surface area contributed by atoms with Crippen LogP contribution in [0.4, 0.5) is 9.18 Å². The van der Waals surface area contributed by atoms with Crippen molar-refractivity contribution >= 4 is 6.09 Å². The minimum Gasteiger partial charge on any atom is -0.507 e. The average Bonchev–Trinajstić information content (AvgIpc) is 3.06. The number of benzene rings is 3. The Morgan fingerprint density at radius 1 is 1.03 bits per heavy atom. The van der Waals surface area contributed by atoms with Crippen LogP contribution in [-0.2, 0) is 4.74 Å². The fraction of sp³-hybridized carbons (Fsp3) is 0.125. The number of nitrogens with one attached hydrogen (secondary N) is 1. The smallest absolute Gasteiger partial charge is 0.407 e. The molecule has 0 aliphatic heterocycles. The number of aromatic hydroxyl groups is 1. The number of carbonyl (C=O) groups is 1. The number of rotatable bonds is 3. The summed E-state index contributed by atoms with van der Waals surface area (Å²) in [5.74, 6) is 4.68. The first kappa shape index (κ1) is 18.6. The van der Waals surface area contributed by atoms with Crippen molar-refractivity contribution in [3.05, 3.63) is 89.2 Å². The average molecular weight is 387 g/mol. The van der Waals surface area contributed by atoms with Gasteiger partial charge in [0.25, 0.3) is 0 Å². The molecule has 144 valence electrons. The third kappa shape index (κ3) is 3.92. The topological polar surface area (TPSA) is 58.6 Å². The van der Waals surface area contributed by atoms with Crippen molar-refractivity contribution in [2.45, 2.75) is 5.92 Å². The molecule has 4 nitrogen and oxygen atoms in total. The maximum atomic E-state index is 13.2. The van der Waals surface area contributed by atoms with Crippen molar-refractivity contribution < 1.29 is 19.0 Å². The Hall–Kier alpha value is -3.78. The predicted octanol–water partition coefficient (Wildman–Crippen LogP) is 4.42. The second-order valence-electron chi connectivity index (χ2n) is 6.64. The van der Waals surface area contributed by atoms with E-state index in [-0.39, 0.29) is 30.4 Å². The van der Waals surface area contributed by atoms with Gasteiger partial charge in [0.2, 0.25) is 0 Å². The molecular weight excluding hydrogens is 369 g/mol. The van der Waals surface area contributed by atoms with Crippen LogP contribution in [0, 0.1) is 17.7 Å². The van der Waals surface area contributed by atoms with Gasteiger partial charge in [-0.15, -0.1) is 0 Å². The van der Waals surface area contributed by atoms with E-state index < -0.39 is 11.9 Å². The van der Waals surface area contributed by atoms with Crippen molar-refractivity contribution in [3.63, 3.8) is 0 Å². The molecule has 1 amide bonds. The lowest BCUT2D eigenvalue weighted by Crippen LogP contribution is -2.26. The molecule has 0 spiro atoms. The van der Waals surface area contributed by atoms with Crippen LogP contribution in [0.15, 0.2) is 66.7 Å². The number of ether oxygens (including phenoxy) is 1. The van der Waals surface area contributed by atoms with Gasteiger partial charge in [-0.1, -0.05) is 60.4 Å². The lowest BCUT2D eigenvalue weighted by molar-refractivity contribution is 0.144. The molecule has 0 radical (unpaired) electrons. The lowest BCUT2D eigenvalue weighted by atomic mass is 9.98. The second kappa shape index (κ2) is 8.07. The summed E-state index contributed by atoms with van der Waals surface area (Å²) < 4.78 is 18.6. The lowest BCUT2D eigenvalue weighted by Gasteiger charge is -2.14. The molecule has 2 N–H and O–H groups in total. The van der Waals surface area contributed by atoms with Gasteiger partial charge in [-0.3, -0.25) is 0 Å². The van der Waals surface area contributed by atoms with Crippen molar-refractivity contribution in [2.24, 2.45) is 0 Å². The normalized spacial score (nSPS) is 11.8. The minimum absolute atomic E-state index is 0.0107. The highest BCUT2D eigenvalue weighted by Crippen LogP contribution is 2.44. The van der Waals surface area contributed by atoms with E-state index in [1.807, 2.05) is 24.3 Å². The molecular formula is C24H18FNO3. The Kier molecular flexibility index (Phi) is 5.17. The first-order valence-corrected chi connectivity index (χ1v) is 9.19. The second-order valence-corrected chi connectivity index (χ2v) is 6.64. The van der Waals surface area contributed by atoms with E-state index in [2.05, 4.69) is 41.4 Å². The number of alkyl carbamates (subject to hydrolysis) is 1. The van der Waals surface area contributed by atoms with E-state index in [0.717, 1.165) is 34.4 Å². The van der Waals surface area contributed by atoms with Crippen molar-refractivity contribution in [2.75, 3.05) is 13.2 Å². The quantitative estimate of drug-likeness (QED) is 0.654. The number of halogens is 1. The number of phenols is 1. The number of hydrogen-bond donors (Lipinski definition) is 2. The molecule has 0 aromatic heterocycles. The Morgan fingerprint density at radius 2 is 1.69 bits per heavy atom. The first-order valence-electron chi connectivity index (χ1n) is 9.19. The molecule has 0 saturated heterocycles. The number of fused-ring (bicyclic) bond motifs is 3. The molecule has 0 fully saturated rings. The van der Waals surface area contributed by atoms with Gasteiger partial charge in [0.1, 0.15) is 18.2 Å². The van der Waals surface area contributed by atoms with E-state index in [4.69, 9.17) is 4.74 Å². The van der Waals surface area contributed by atoms with Crippen LogP contribution in [0.2, 0.25) is 0 Å². The number of amides is 1. The summed E-state index contributed by atoms with van der Waals surface area (Å²) in [4.78, 5) is 12.0. The van der Waals surface area contributed by atoms with Gasteiger partial charge in [-0.05, 0) is 40.5 Å². The van der Waals surface area contributed by atoms with Gasteiger partial charge in [0.15, 0.2) is 0 Å². The summed E-state index contributed by atoms with van der Waals surface area (Å²) in [7, 11) is 0. The van der Waals surface area contributed by atoms with Crippen LogP contribution >= 0.6 is 0 Å². The maximum absolute atomic E-state index is 13.2. The zero-order valence-electron chi connectivity index (χ0n) is 15.5. The third-order valence-electron chi connectivity index (χ3n) is 4.85. The van der Waals surface area contributed by atoms with Crippen molar-refractivity contribution in [3.8, 4) is 28.7 Å². The molecule has 1 aliphatic carbocycles. The van der Waals surface area contributed by atoms with E-state index in [1.54, 1.807) is 0 Å². The molecule has 1 aliphatic rings. The fourth-order valence-electron chi connectivity index (χ4n) is 3.51. The van der Waals surface area contributed by atoms with Crippen LogP contribution in [0.1, 0.15) is 22.6 Å². The summed E-state index contributed by atoms with van der Waals surface area (Å²) in [5.41, 5.74) is 4.78. The monoisotopic (exact) mass is 387 g/mol. The Bertz CT molecular complexity index is 1080. The first-order chi connectivity index (χ1) is 14.1. The fourth-order valence-corrected chi connectivity index (χ4v) is 3.51. The Morgan fingerprint density at radius 3 is 2.38 bits per heavy atom. The molecule has 4 rings (SSSR count). The highest BCUT2D eigenvalue weighted by atomic mass is 19.1. The molecule has 0 heterocycles. The molecule has 0 bridgehead atoms. The summed E-state index contributed by atoms with van der Waals surface area (Å²) in [6.07, 6.45) is -0.579. The molecule has 3 aromatic rings. The van der Waals surface area contributed by atoms with E-state index in [9.17, 15) is 14.3 Å². The molecule has 29 heavy (non-hydrogen) atoms. The summed E-state index contributed by atoms with van der Waals surface area (Å²) >= 11 is 0. The number of phenolic OH excluding ortho intramolecular Hbond substituents is 1. The summed E-state index contributed by atoms with van der Waals surface area (Å²) in [6, 6.07) is 19.7. The molecule has 0 saturated carbocycles. The zero-order chi connectivity index (χ0) is 20.2. The SMILES string of the molecule is O=C(NCC#Cc1cc(F)ccc1O)OCC1c2ccccc2-c2ccccc21. The predicted molar refractivity (Wildman–Crippen MR) is 108 cm³/mol. The third-order valence-corrected chi connectivity index (χ3v) is 4.85. The van der Waals surface area contributed by atoms with Crippen molar-refractivity contribution in [1.82, 2.24) is 5.32 Å².